The summed E-state index contributed by atoms with van der Waals surface area (Å²) in [5.74, 6) is 0.0394. The van der Waals surface area contributed by atoms with Gasteiger partial charge in [0, 0.05) is 30.8 Å². The maximum absolute atomic E-state index is 12.2. The zero-order valence-electron chi connectivity index (χ0n) is 10.9. The average molecular weight is 302 g/mol. The fourth-order valence-electron chi connectivity index (χ4n) is 2.31. The molecule has 2 rings (SSSR count). The van der Waals surface area contributed by atoms with Crippen molar-refractivity contribution < 1.29 is 9.53 Å². The van der Waals surface area contributed by atoms with Crippen LogP contribution in [0, 0.1) is 0 Å². The van der Waals surface area contributed by atoms with Gasteiger partial charge < -0.3 is 4.74 Å². The van der Waals surface area contributed by atoms with Gasteiger partial charge in [0.2, 0.25) is 0 Å². The Morgan fingerprint density at radius 1 is 1.37 bits per heavy atom. The summed E-state index contributed by atoms with van der Waals surface area (Å²) in [6, 6.07) is 4.99. The van der Waals surface area contributed by atoms with Crippen molar-refractivity contribution >= 4 is 29.0 Å². The van der Waals surface area contributed by atoms with E-state index in [1.54, 1.807) is 25.3 Å². The highest BCUT2D eigenvalue weighted by Gasteiger charge is 2.21. The lowest BCUT2D eigenvalue weighted by molar-refractivity contribution is 0.0401. The molecule has 0 aliphatic carbocycles. The van der Waals surface area contributed by atoms with E-state index in [0.29, 0.717) is 28.3 Å². The number of carbonyl (C=O) groups is 1. The second kappa shape index (κ2) is 6.71. The number of hydrogen-bond acceptors (Lipinski definition) is 3. The molecule has 0 unspecified atom stereocenters. The van der Waals surface area contributed by atoms with Crippen molar-refractivity contribution in [1.82, 2.24) is 4.90 Å². The van der Waals surface area contributed by atoms with E-state index in [9.17, 15) is 4.79 Å². The highest BCUT2D eigenvalue weighted by molar-refractivity contribution is 6.36. The van der Waals surface area contributed by atoms with E-state index in [0.717, 1.165) is 25.9 Å². The van der Waals surface area contributed by atoms with Gasteiger partial charge in [-0.05, 0) is 31.0 Å². The molecule has 0 radical (unpaired) electrons. The molecule has 1 aliphatic heterocycles. The van der Waals surface area contributed by atoms with E-state index < -0.39 is 0 Å². The summed E-state index contributed by atoms with van der Waals surface area (Å²) in [4.78, 5) is 14.3. The van der Waals surface area contributed by atoms with E-state index in [-0.39, 0.29) is 5.78 Å². The quantitative estimate of drug-likeness (QED) is 0.799. The number of benzene rings is 1. The topological polar surface area (TPSA) is 29.5 Å². The third kappa shape index (κ3) is 3.93. The third-order valence-corrected chi connectivity index (χ3v) is 4.01. The molecule has 1 fully saturated rings. The van der Waals surface area contributed by atoms with Gasteiger partial charge in [0.1, 0.15) is 0 Å². The molecule has 0 amide bonds. The Bertz CT molecular complexity index is 457. The molecule has 1 aromatic rings. The largest absolute Gasteiger partial charge is 0.381 e. The molecule has 1 heterocycles. The molecular weight excluding hydrogens is 285 g/mol. The van der Waals surface area contributed by atoms with E-state index in [4.69, 9.17) is 27.9 Å². The van der Waals surface area contributed by atoms with Gasteiger partial charge in [-0.1, -0.05) is 23.2 Å². The summed E-state index contributed by atoms with van der Waals surface area (Å²) in [7, 11) is 1.74. The molecule has 1 aromatic carbocycles. The molecule has 0 bridgehead atoms. The van der Waals surface area contributed by atoms with Gasteiger partial charge in [-0.3, -0.25) is 9.69 Å². The van der Waals surface area contributed by atoms with Crippen molar-refractivity contribution in [2.75, 3.05) is 26.7 Å². The smallest absolute Gasteiger partial charge is 0.178 e. The monoisotopic (exact) mass is 301 g/mol. The van der Waals surface area contributed by atoms with Crippen LogP contribution in [0.5, 0.6) is 0 Å². The van der Waals surface area contributed by atoms with Crippen molar-refractivity contribution in [2.45, 2.75) is 18.9 Å². The van der Waals surface area contributed by atoms with Crippen LogP contribution in [0.3, 0.4) is 0 Å². The van der Waals surface area contributed by atoms with Crippen molar-refractivity contribution in [3.63, 3.8) is 0 Å². The first kappa shape index (κ1) is 14.8. The van der Waals surface area contributed by atoms with Crippen molar-refractivity contribution in [3.8, 4) is 0 Å². The number of hydrogen-bond donors (Lipinski definition) is 0. The molecule has 1 aliphatic rings. The summed E-state index contributed by atoms with van der Waals surface area (Å²) in [5, 5.41) is 0.965. The van der Waals surface area contributed by atoms with Gasteiger partial charge >= 0.3 is 0 Å². The number of ketones is 1. The first-order chi connectivity index (χ1) is 9.10. The SMILES string of the molecule is COC1CCN(CC(=O)c2ccc(Cl)cc2Cl)CC1. The van der Waals surface area contributed by atoms with Crippen LogP contribution >= 0.6 is 23.2 Å². The van der Waals surface area contributed by atoms with Gasteiger partial charge in [0.15, 0.2) is 5.78 Å². The molecule has 0 spiro atoms. The Balaban J connectivity index is 1.94. The van der Waals surface area contributed by atoms with Gasteiger partial charge in [0.25, 0.3) is 0 Å². The summed E-state index contributed by atoms with van der Waals surface area (Å²) in [6.07, 6.45) is 2.27. The van der Waals surface area contributed by atoms with E-state index >= 15 is 0 Å². The molecule has 0 saturated carbocycles. The molecular formula is C14H17Cl2NO2. The number of methoxy groups -OCH3 is 1. The maximum atomic E-state index is 12.2. The van der Waals surface area contributed by atoms with Gasteiger partial charge in [-0.2, -0.15) is 0 Å². The predicted octanol–water partition coefficient (Wildman–Crippen LogP) is 3.29. The minimum absolute atomic E-state index is 0.0394. The Morgan fingerprint density at radius 3 is 2.63 bits per heavy atom. The van der Waals surface area contributed by atoms with Crippen molar-refractivity contribution in [1.29, 1.82) is 0 Å². The zero-order chi connectivity index (χ0) is 13.8. The van der Waals surface area contributed by atoms with E-state index in [1.807, 2.05) is 0 Å². The van der Waals surface area contributed by atoms with Gasteiger partial charge in [0.05, 0.1) is 17.7 Å². The Hall–Kier alpha value is -0.610. The Labute approximate surface area is 123 Å². The number of Topliss-reactive ketones (excluding diaryl/α,β-unsaturated/α-hetero) is 1. The molecule has 3 nitrogen and oxygen atoms in total. The highest BCUT2D eigenvalue weighted by Crippen LogP contribution is 2.22. The molecule has 5 heteroatoms. The summed E-state index contributed by atoms with van der Waals surface area (Å²) in [5.41, 5.74) is 0.542. The molecule has 19 heavy (non-hydrogen) atoms. The van der Waals surface area contributed by atoms with Crippen LogP contribution < -0.4 is 0 Å². The Kier molecular flexibility index (Phi) is 5.22. The number of halogens is 2. The number of rotatable bonds is 4. The minimum atomic E-state index is 0.0394. The lowest BCUT2D eigenvalue weighted by Gasteiger charge is -2.30. The highest BCUT2D eigenvalue weighted by atomic mass is 35.5. The van der Waals surface area contributed by atoms with Crippen LogP contribution in [0.15, 0.2) is 18.2 Å². The lowest BCUT2D eigenvalue weighted by atomic mass is 10.1. The number of piperidine rings is 1. The lowest BCUT2D eigenvalue weighted by Crippen LogP contribution is -2.39. The van der Waals surface area contributed by atoms with Crippen LogP contribution in [0.25, 0.3) is 0 Å². The van der Waals surface area contributed by atoms with E-state index in [1.165, 1.54) is 0 Å². The van der Waals surface area contributed by atoms with Crippen molar-refractivity contribution in [3.05, 3.63) is 33.8 Å². The predicted molar refractivity (Wildman–Crippen MR) is 77.3 cm³/mol. The van der Waals surface area contributed by atoms with Crippen molar-refractivity contribution in [2.24, 2.45) is 0 Å². The number of nitrogens with zero attached hydrogens (tertiary/aromatic N) is 1. The number of likely N-dealkylation sites (tertiary alicyclic amines) is 1. The van der Waals surface area contributed by atoms with Crippen LogP contribution in [-0.4, -0.2) is 43.5 Å². The maximum Gasteiger partial charge on any atom is 0.178 e. The average Bonchev–Trinajstić information content (AvgIpc) is 2.39. The fraction of sp³-hybridized carbons (Fsp3) is 0.500. The Morgan fingerprint density at radius 2 is 2.05 bits per heavy atom. The molecule has 0 atom stereocenters. The second-order valence-corrected chi connectivity index (χ2v) is 5.60. The molecule has 0 N–H and O–H groups in total. The molecule has 1 saturated heterocycles. The summed E-state index contributed by atoms with van der Waals surface area (Å²) < 4.78 is 5.31. The zero-order valence-corrected chi connectivity index (χ0v) is 12.4. The fourth-order valence-corrected chi connectivity index (χ4v) is 2.82. The number of ether oxygens (including phenoxy) is 1. The van der Waals surface area contributed by atoms with Gasteiger partial charge in [-0.25, -0.2) is 0 Å². The normalized spacial score (nSPS) is 17.6. The van der Waals surface area contributed by atoms with Gasteiger partial charge in [-0.15, -0.1) is 0 Å². The minimum Gasteiger partial charge on any atom is -0.381 e. The first-order valence-corrected chi connectivity index (χ1v) is 7.09. The van der Waals surface area contributed by atoms with E-state index in [2.05, 4.69) is 4.90 Å². The third-order valence-electron chi connectivity index (χ3n) is 3.47. The standard InChI is InChI=1S/C14H17Cl2NO2/c1-19-11-4-6-17(7-5-11)9-14(18)12-3-2-10(15)8-13(12)16/h2-3,8,11H,4-7,9H2,1H3. The van der Waals surface area contributed by atoms with Crippen LogP contribution in [0.1, 0.15) is 23.2 Å². The second-order valence-electron chi connectivity index (χ2n) is 4.76. The summed E-state index contributed by atoms with van der Waals surface area (Å²) >= 11 is 11.9. The first-order valence-electron chi connectivity index (χ1n) is 6.33. The summed E-state index contributed by atoms with van der Waals surface area (Å²) in [6.45, 7) is 2.17. The number of carbonyl (C=O) groups excluding carboxylic acids is 1. The molecule has 0 aromatic heterocycles. The molecule has 104 valence electrons. The van der Waals surface area contributed by atoms with Crippen LogP contribution in [0.4, 0.5) is 0 Å². The van der Waals surface area contributed by atoms with Crippen LogP contribution in [0.2, 0.25) is 10.0 Å². The van der Waals surface area contributed by atoms with Crippen LogP contribution in [-0.2, 0) is 4.74 Å².